The second-order valence-electron chi connectivity index (χ2n) is 5.08. The second kappa shape index (κ2) is 5.25. The maximum Gasteiger partial charge on any atom is 0.165 e. The normalized spacial score (nSPS) is 15.9. The average molecular weight is 271 g/mol. The molecule has 1 saturated carbocycles. The molecule has 103 valence electrons. The minimum Gasteiger partial charge on any atom is -0.454 e. The number of rotatable bonds is 4. The Kier molecular flexibility index (Phi) is 3.45. The molecule has 0 saturated heterocycles. The van der Waals surface area contributed by atoms with Gasteiger partial charge in [-0.3, -0.25) is 0 Å². The van der Waals surface area contributed by atoms with E-state index in [9.17, 15) is 9.50 Å². The molecule has 3 heteroatoms. The van der Waals surface area contributed by atoms with Gasteiger partial charge in [-0.05, 0) is 49.4 Å². The number of para-hydroxylation sites is 1. The number of aliphatic hydroxyl groups is 1. The maximum absolute atomic E-state index is 13.7. The Morgan fingerprint density at radius 3 is 2.45 bits per heavy atom. The van der Waals surface area contributed by atoms with Crippen LogP contribution in [0, 0.1) is 12.7 Å². The third-order valence-corrected chi connectivity index (χ3v) is 3.50. The molecule has 2 nitrogen and oxygen atoms in total. The van der Waals surface area contributed by atoms with E-state index in [-0.39, 0.29) is 5.75 Å². The summed E-state index contributed by atoms with van der Waals surface area (Å²) >= 11 is 0. The molecule has 1 unspecified atom stereocenters. The van der Waals surface area contributed by atoms with E-state index in [0.717, 1.165) is 24.0 Å². The summed E-state index contributed by atoms with van der Waals surface area (Å²) in [7, 11) is 0. The molecule has 3 rings (SSSR count). The Morgan fingerprint density at radius 2 is 1.80 bits per heavy atom. The van der Waals surface area contributed by atoms with Crippen LogP contribution in [0.4, 0.5) is 4.39 Å². The Balaban J connectivity index is 2.01. The lowest BCUT2D eigenvalue weighted by Crippen LogP contribution is -2.01. The summed E-state index contributed by atoms with van der Waals surface area (Å²) < 4.78 is 19.4. The predicted molar refractivity (Wildman–Crippen MR) is 75.2 cm³/mol. The van der Waals surface area contributed by atoms with Crippen molar-refractivity contribution < 1.29 is 14.2 Å². The maximum atomic E-state index is 13.7. The van der Waals surface area contributed by atoms with Crippen LogP contribution in [0.5, 0.6) is 11.5 Å². The van der Waals surface area contributed by atoms with Crippen molar-refractivity contribution in [1.29, 1.82) is 0 Å². The Hall–Kier alpha value is -1.87. The van der Waals surface area contributed by atoms with E-state index >= 15 is 0 Å². The fourth-order valence-corrected chi connectivity index (χ4v) is 2.40. The number of hydrogen-bond donors (Lipinski definition) is 1. The fraction of sp³-hybridized carbons (Fsp3) is 0.235. The van der Waals surface area contributed by atoms with Gasteiger partial charge in [-0.25, -0.2) is 4.39 Å². The van der Waals surface area contributed by atoms with Gasteiger partial charge in [0.15, 0.2) is 11.6 Å². The Labute approximate surface area is 117 Å². The molecule has 1 radical (unpaired) electrons. The molecule has 0 amide bonds. The summed E-state index contributed by atoms with van der Waals surface area (Å²) in [6.45, 7) is 3.67. The molecule has 1 fully saturated rings. The second-order valence-corrected chi connectivity index (χ2v) is 5.08. The van der Waals surface area contributed by atoms with Gasteiger partial charge in [0.1, 0.15) is 5.75 Å². The van der Waals surface area contributed by atoms with Gasteiger partial charge in [-0.1, -0.05) is 24.3 Å². The van der Waals surface area contributed by atoms with Gasteiger partial charge >= 0.3 is 0 Å². The monoisotopic (exact) mass is 271 g/mol. The standard InChI is InChI=1S/C17H16FO2/c1-11(19)13-5-4-8-16(17(13)12-9-10-12)20-15-7-3-2-6-14(15)18/h2-8,11-12,19H,1,9-10H2. The van der Waals surface area contributed by atoms with Crippen molar-refractivity contribution in [3.8, 4) is 11.5 Å². The van der Waals surface area contributed by atoms with Crippen molar-refractivity contribution in [2.45, 2.75) is 24.9 Å². The highest BCUT2D eigenvalue weighted by Gasteiger charge is 2.30. The van der Waals surface area contributed by atoms with Crippen molar-refractivity contribution in [2.24, 2.45) is 0 Å². The van der Waals surface area contributed by atoms with Crippen LogP contribution in [-0.2, 0) is 0 Å². The fourth-order valence-electron chi connectivity index (χ4n) is 2.40. The lowest BCUT2D eigenvalue weighted by atomic mass is 9.98. The van der Waals surface area contributed by atoms with Gasteiger partial charge in [0.25, 0.3) is 0 Å². The zero-order valence-electron chi connectivity index (χ0n) is 11.1. The first-order valence-electron chi connectivity index (χ1n) is 6.73. The molecule has 0 aromatic heterocycles. The predicted octanol–water partition coefficient (Wildman–Crippen LogP) is 4.36. The van der Waals surface area contributed by atoms with Crippen molar-refractivity contribution in [1.82, 2.24) is 0 Å². The summed E-state index contributed by atoms with van der Waals surface area (Å²) in [6, 6.07) is 11.8. The van der Waals surface area contributed by atoms with Gasteiger partial charge in [0.05, 0.1) is 6.10 Å². The van der Waals surface area contributed by atoms with Gasteiger partial charge < -0.3 is 9.84 Å². The number of halogens is 1. The van der Waals surface area contributed by atoms with E-state index in [2.05, 4.69) is 6.92 Å². The van der Waals surface area contributed by atoms with Crippen molar-refractivity contribution in [2.75, 3.05) is 0 Å². The molecule has 0 bridgehead atoms. The topological polar surface area (TPSA) is 29.5 Å². The number of benzene rings is 2. The summed E-state index contributed by atoms with van der Waals surface area (Å²) in [4.78, 5) is 0. The third kappa shape index (κ3) is 2.54. The lowest BCUT2D eigenvalue weighted by Gasteiger charge is -2.17. The largest absolute Gasteiger partial charge is 0.454 e. The van der Waals surface area contributed by atoms with Gasteiger partial charge in [-0.15, -0.1) is 0 Å². The number of hydrogen-bond acceptors (Lipinski definition) is 2. The molecule has 1 aliphatic carbocycles. The first kappa shape index (κ1) is 13.1. The van der Waals surface area contributed by atoms with Crippen molar-refractivity contribution >= 4 is 0 Å². The van der Waals surface area contributed by atoms with Crippen LogP contribution in [0.3, 0.4) is 0 Å². The highest BCUT2D eigenvalue weighted by molar-refractivity contribution is 5.48. The Bertz CT molecular complexity index is 618. The third-order valence-electron chi connectivity index (χ3n) is 3.50. The zero-order chi connectivity index (χ0) is 14.1. The van der Waals surface area contributed by atoms with Crippen LogP contribution >= 0.6 is 0 Å². The molecule has 1 atom stereocenters. The lowest BCUT2D eigenvalue weighted by molar-refractivity contribution is 0.224. The summed E-state index contributed by atoms with van der Waals surface area (Å²) in [6.07, 6.45) is 1.34. The van der Waals surface area contributed by atoms with Crippen LogP contribution < -0.4 is 4.74 Å². The van der Waals surface area contributed by atoms with Gasteiger partial charge in [0, 0.05) is 5.56 Å². The minimum absolute atomic E-state index is 0.199. The number of aliphatic hydroxyl groups excluding tert-OH is 1. The van der Waals surface area contributed by atoms with Crippen LogP contribution in [0.15, 0.2) is 42.5 Å². The van der Waals surface area contributed by atoms with Crippen molar-refractivity contribution in [3.63, 3.8) is 0 Å². The summed E-state index contributed by atoms with van der Waals surface area (Å²) in [5.74, 6) is 0.794. The molecule has 1 aliphatic rings. The smallest absolute Gasteiger partial charge is 0.165 e. The van der Waals surface area contributed by atoms with Crippen molar-refractivity contribution in [3.05, 3.63) is 66.3 Å². The van der Waals surface area contributed by atoms with Crippen LogP contribution in [-0.4, -0.2) is 5.11 Å². The molecular weight excluding hydrogens is 255 g/mol. The number of ether oxygens (including phenoxy) is 1. The van der Waals surface area contributed by atoms with Crippen LogP contribution in [0.1, 0.15) is 36.0 Å². The highest BCUT2D eigenvalue weighted by Crippen LogP contribution is 2.48. The zero-order valence-corrected chi connectivity index (χ0v) is 11.1. The molecule has 0 heterocycles. The van der Waals surface area contributed by atoms with E-state index < -0.39 is 11.9 Å². The molecule has 2 aromatic carbocycles. The Morgan fingerprint density at radius 1 is 1.10 bits per heavy atom. The minimum atomic E-state index is -0.797. The first-order chi connectivity index (χ1) is 9.66. The molecular formula is C17H16FO2. The molecule has 0 spiro atoms. The molecule has 1 N–H and O–H groups in total. The van der Waals surface area contributed by atoms with E-state index in [0.29, 0.717) is 11.7 Å². The quantitative estimate of drug-likeness (QED) is 0.895. The van der Waals surface area contributed by atoms with Crippen LogP contribution in [0.2, 0.25) is 0 Å². The van der Waals surface area contributed by atoms with E-state index in [1.165, 1.54) is 6.07 Å². The highest BCUT2D eigenvalue weighted by atomic mass is 19.1. The van der Waals surface area contributed by atoms with Crippen LogP contribution in [0.25, 0.3) is 0 Å². The van der Waals surface area contributed by atoms with E-state index in [1.54, 1.807) is 24.3 Å². The average Bonchev–Trinajstić information content (AvgIpc) is 3.25. The first-order valence-corrected chi connectivity index (χ1v) is 6.73. The van der Waals surface area contributed by atoms with Gasteiger partial charge in [-0.2, -0.15) is 0 Å². The van der Waals surface area contributed by atoms with E-state index in [4.69, 9.17) is 4.74 Å². The SMILES string of the molecule is [CH2]C(O)c1cccc(Oc2ccccc2F)c1C1CC1. The molecule has 2 aromatic rings. The molecule has 0 aliphatic heterocycles. The van der Waals surface area contributed by atoms with Gasteiger partial charge in [0.2, 0.25) is 0 Å². The summed E-state index contributed by atoms with van der Waals surface area (Å²) in [5, 5.41) is 9.79. The van der Waals surface area contributed by atoms with E-state index in [1.807, 2.05) is 12.1 Å². The summed E-state index contributed by atoms with van der Waals surface area (Å²) in [5.41, 5.74) is 1.72. The molecule has 20 heavy (non-hydrogen) atoms.